The van der Waals surface area contributed by atoms with Crippen LogP contribution in [0.3, 0.4) is 0 Å². The molecule has 0 bridgehead atoms. The van der Waals surface area contributed by atoms with E-state index in [0.717, 1.165) is 24.2 Å². The van der Waals surface area contributed by atoms with Crippen molar-refractivity contribution in [2.24, 2.45) is 0 Å². The second kappa shape index (κ2) is 8.10. The van der Waals surface area contributed by atoms with Crippen LogP contribution in [-0.2, 0) is 5.41 Å². The number of anilines is 1. The quantitative estimate of drug-likeness (QED) is 0.436. The van der Waals surface area contributed by atoms with Gasteiger partial charge in [0.25, 0.3) is 5.89 Å². The molecule has 0 unspecified atom stereocenters. The predicted molar refractivity (Wildman–Crippen MR) is 126 cm³/mol. The van der Waals surface area contributed by atoms with Gasteiger partial charge in [-0.05, 0) is 63.6 Å². The summed E-state index contributed by atoms with van der Waals surface area (Å²) in [4.78, 5) is 15.9. The molecule has 8 heteroatoms. The second-order valence-corrected chi connectivity index (χ2v) is 8.66. The van der Waals surface area contributed by atoms with Crippen LogP contribution in [0, 0.1) is 18.3 Å². The van der Waals surface area contributed by atoms with E-state index >= 15 is 0 Å². The van der Waals surface area contributed by atoms with Crippen LogP contribution >= 0.6 is 0 Å². The average molecular weight is 440 g/mol. The third-order valence-corrected chi connectivity index (χ3v) is 5.89. The van der Waals surface area contributed by atoms with Crippen molar-refractivity contribution in [1.82, 2.24) is 25.1 Å². The summed E-state index contributed by atoms with van der Waals surface area (Å²) in [5.74, 6) is 0.754. The number of hydrogen-bond acceptors (Lipinski definition) is 8. The van der Waals surface area contributed by atoms with Crippen molar-refractivity contribution in [3.8, 4) is 40.4 Å². The largest absolute Gasteiger partial charge is 0.415 e. The number of pyridine rings is 1. The Bertz CT molecular complexity index is 1350. The number of aryl methyl sites for hydroxylation is 1. The highest BCUT2D eigenvalue weighted by molar-refractivity contribution is 5.64. The zero-order chi connectivity index (χ0) is 23.0. The SMILES string of the molecule is Cc1ncc(-c2ccnc(C(C)(C)C#N)c2)nc1-c1nnc(-c2ccc(N3CCC3)cc2)o1.[HH]. The van der Waals surface area contributed by atoms with Crippen molar-refractivity contribution in [2.45, 2.75) is 32.6 Å². The second-order valence-electron chi connectivity index (χ2n) is 8.66. The molecule has 33 heavy (non-hydrogen) atoms. The van der Waals surface area contributed by atoms with E-state index in [4.69, 9.17) is 9.40 Å². The van der Waals surface area contributed by atoms with Gasteiger partial charge in [-0.3, -0.25) is 9.97 Å². The molecule has 4 heterocycles. The standard InChI is InChI=1S/C25H23N7O.H2/c1-16-22(29-20(14-28-16)18-9-10-27-21(13-18)25(2,3)15-26)24-31-30-23(33-24)17-5-7-19(8-6-17)32-11-4-12-32;/h5-10,13-14H,4,11-12H2,1-3H3;1H. The van der Waals surface area contributed by atoms with Crippen LogP contribution in [-0.4, -0.2) is 38.2 Å². The van der Waals surface area contributed by atoms with E-state index in [1.54, 1.807) is 12.4 Å². The molecule has 0 atom stereocenters. The molecule has 4 aromatic rings. The Morgan fingerprint density at radius 3 is 2.48 bits per heavy atom. The highest BCUT2D eigenvalue weighted by Crippen LogP contribution is 2.29. The first-order valence-electron chi connectivity index (χ1n) is 10.9. The van der Waals surface area contributed by atoms with Gasteiger partial charge in [0.05, 0.1) is 34.8 Å². The Morgan fingerprint density at radius 1 is 1.03 bits per heavy atom. The Balaban J connectivity index is 0.00000274. The maximum absolute atomic E-state index is 9.44. The molecule has 1 fully saturated rings. The fourth-order valence-electron chi connectivity index (χ4n) is 3.60. The number of hydrogen-bond donors (Lipinski definition) is 0. The van der Waals surface area contributed by atoms with Crippen molar-refractivity contribution in [1.29, 1.82) is 5.26 Å². The molecule has 0 amide bonds. The summed E-state index contributed by atoms with van der Waals surface area (Å²) in [5, 5.41) is 17.9. The number of nitrogens with zero attached hydrogens (tertiary/aromatic N) is 7. The number of nitriles is 1. The molecular formula is C25H25N7O. The lowest BCUT2D eigenvalue weighted by atomic mass is 9.90. The lowest BCUT2D eigenvalue weighted by Gasteiger charge is -2.33. The van der Waals surface area contributed by atoms with Crippen molar-refractivity contribution in [3.05, 3.63) is 60.2 Å². The topological polar surface area (TPSA) is 105 Å². The van der Waals surface area contributed by atoms with Crippen LogP contribution in [0.15, 0.2) is 53.2 Å². The Morgan fingerprint density at radius 2 is 1.79 bits per heavy atom. The van der Waals surface area contributed by atoms with Gasteiger partial charge >= 0.3 is 0 Å². The molecular weight excluding hydrogens is 414 g/mol. The summed E-state index contributed by atoms with van der Waals surface area (Å²) in [6.07, 6.45) is 4.62. The monoisotopic (exact) mass is 439 g/mol. The summed E-state index contributed by atoms with van der Waals surface area (Å²) in [6.45, 7) is 7.73. The number of rotatable bonds is 5. The van der Waals surface area contributed by atoms with Crippen LogP contribution in [0.25, 0.3) is 34.3 Å². The fraction of sp³-hybridized carbons (Fsp3) is 0.280. The van der Waals surface area contributed by atoms with Gasteiger partial charge in [-0.1, -0.05) is 0 Å². The van der Waals surface area contributed by atoms with Gasteiger partial charge in [0.1, 0.15) is 5.69 Å². The van der Waals surface area contributed by atoms with Crippen molar-refractivity contribution >= 4 is 5.69 Å². The van der Waals surface area contributed by atoms with E-state index < -0.39 is 5.41 Å². The lowest BCUT2D eigenvalue weighted by Crippen LogP contribution is -2.36. The van der Waals surface area contributed by atoms with E-state index in [1.165, 1.54) is 12.1 Å². The first-order valence-corrected chi connectivity index (χ1v) is 10.9. The van der Waals surface area contributed by atoms with E-state index in [2.05, 4.69) is 43.3 Å². The zero-order valence-corrected chi connectivity index (χ0v) is 18.8. The Kier molecular flexibility index (Phi) is 5.09. The highest BCUT2D eigenvalue weighted by atomic mass is 16.4. The molecule has 1 aliphatic heterocycles. The van der Waals surface area contributed by atoms with Crippen LogP contribution in [0.5, 0.6) is 0 Å². The van der Waals surface area contributed by atoms with Gasteiger partial charge in [0.15, 0.2) is 0 Å². The minimum absolute atomic E-state index is 0. The fourth-order valence-corrected chi connectivity index (χ4v) is 3.60. The predicted octanol–water partition coefficient (Wildman–Crippen LogP) is 4.82. The maximum Gasteiger partial charge on any atom is 0.268 e. The van der Waals surface area contributed by atoms with Crippen molar-refractivity contribution < 1.29 is 5.84 Å². The van der Waals surface area contributed by atoms with Gasteiger partial charge < -0.3 is 9.32 Å². The molecule has 166 valence electrons. The summed E-state index contributed by atoms with van der Waals surface area (Å²) >= 11 is 0. The van der Waals surface area contributed by atoms with E-state index in [1.807, 2.05) is 45.0 Å². The lowest BCUT2D eigenvalue weighted by molar-refractivity contribution is 0.581. The minimum atomic E-state index is -0.705. The highest BCUT2D eigenvalue weighted by Gasteiger charge is 2.23. The normalized spacial score (nSPS) is 13.5. The summed E-state index contributed by atoms with van der Waals surface area (Å²) < 4.78 is 5.97. The Labute approximate surface area is 193 Å². The Hall–Kier alpha value is -4.12. The third-order valence-electron chi connectivity index (χ3n) is 5.89. The van der Waals surface area contributed by atoms with Gasteiger partial charge in [-0.2, -0.15) is 5.26 Å². The first kappa shape index (κ1) is 20.8. The zero-order valence-electron chi connectivity index (χ0n) is 18.8. The van der Waals surface area contributed by atoms with Gasteiger partial charge in [0.2, 0.25) is 5.89 Å². The number of benzene rings is 1. The van der Waals surface area contributed by atoms with Gasteiger partial charge in [-0.25, -0.2) is 4.98 Å². The molecule has 8 nitrogen and oxygen atoms in total. The summed E-state index contributed by atoms with van der Waals surface area (Å²) in [7, 11) is 0. The third kappa shape index (κ3) is 3.94. The molecule has 1 aromatic carbocycles. The minimum Gasteiger partial charge on any atom is -0.415 e. The molecule has 0 aliphatic carbocycles. The van der Waals surface area contributed by atoms with Crippen molar-refractivity contribution in [3.63, 3.8) is 0 Å². The summed E-state index contributed by atoms with van der Waals surface area (Å²) in [6, 6.07) is 14.1. The van der Waals surface area contributed by atoms with E-state index in [-0.39, 0.29) is 1.43 Å². The number of aromatic nitrogens is 5. The van der Waals surface area contributed by atoms with Crippen LogP contribution in [0.4, 0.5) is 5.69 Å². The molecule has 0 N–H and O–H groups in total. The van der Waals surface area contributed by atoms with E-state index in [9.17, 15) is 5.26 Å². The molecule has 0 saturated carbocycles. The van der Waals surface area contributed by atoms with Crippen LogP contribution in [0.1, 0.15) is 33.1 Å². The molecule has 0 radical (unpaired) electrons. The average Bonchev–Trinajstić information content (AvgIpc) is 3.29. The van der Waals surface area contributed by atoms with Crippen LogP contribution < -0.4 is 4.90 Å². The van der Waals surface area contributed by atoms with Crippen molar-refractivity contribution in [2.75, 3.05) is 18.0 Å². The summed E-state index contributed by atoms with van der Waals surface area (Å²) in [5.41, 5.74) is 4.71. The molecule has 1 aliphatic rings. The maximum atomic E-state index is 9.44. The molecule has 0 spiro atoms. The van der Waals surface area contributed by atoms with Gasteiger partial charge in [0, 0.05) is 37.5 Å². The molecule has 5 rings (SSSR count). The smallest absolute Gasteiger partial charge is 0.268 e. The van der Waals surface area contributed by atoms with E-state index in [0.29, 0.717) is 34.6 Å². The van der Waals surface area contributed by atoms with Crippen LogP contribution in [0.2, 0.25) is 0 Å². The van der Waals surface area contributed by atoms with Gasteiger partial charge in [-0.15, -0.1) is 10.2 Å². The molecule has 3 aromatic heterocycles. The first-order chi connectivity index (χ1) is 15.9. The molecule has 1 saturated heterocycles.